The SMILES string of the molecule is COc1cc(OC)c(OC)cc1CNC(C)CN1CCCC1=O. The maximum Gasteiger partial charge on any atom is 0.222 e. The van der Waals surface area contributed by atoms with Crippen molar-refractivity contribution in [3.63, 3.8) is 0 Å². The number of carbonyl (C=O) groups is 1. The summed E-state index contributed by atoms with van der Waals surface area (Å²) in [4.78, 5) is 13.6. The first kappa shape index (κ1) is 17.4. The van der Waals surface area contributed by atoms with Crippen LogP contribution in [0.5, 0.6) is 17.2 Å². The summed E-state index contributed by atoms with van der Waals surface area (Å²) < 4.78 is 16.1. The van der Waals surface area contributed by atoms with Gasteiger partial charge in [0.2, 0.25) is 5.91 Å². The summed E-state index contributed by atoms with van der Waals surface area (Å²) in [6, 6.07) is 3.94. The van der Waals surface area contributed by atoms with Crippen LogP contribution in [0.25, 0.3) is 0 Å². The second kappa shape index (κ2) is 8.06. The van der Waals surface area contributed by atoms with Crippen LogP contribution < -0.4 is 19.5 Å². The standard InChI is InChI=1S/C17H26N2O4/c1-12(11-19-7-5-6-17(19)20)18-10-13-8-15(22-3)16(23-4)9-14(13)21-2/h8-9,12,18H,5-7,10-11H2,1-4H3. The topological polar surface area (TPSA) is 60.0 Å². The van der Waals surface area contributed by atoms with E-state index in [9.17, 15) is 4.79 Å². The van der Waals surface area contributed by atoms with Gasteiger partial charge in [0.25, 0.3) is 0 Å². The molecule has 23 heavy (non-hydrogen) atoms. The van der Waals surface area contributed by atoms with Gasteiger partial charge < -0.3 is 24.4 Å². The van der Waals surface area contributed by atoms with Gasteiger partial charge in [0, 0.05) is 43.7 Å². The first-order valence-electron chi connectivity index (χ1n) is 7.89. The maximum atomic E-state index is 11.7. The van der Waals surface area contributed by atoms with E-state index in [1.165, 1.54) is 0 Å². The predicted molar refractivity (Wildman–Crippen MR) is 88.2 cm³/mol. The smallest absolute Gasteiger partial charge is 0.222 e. The molecule has 1 N–H and O–H groups in total. The molecular formula is C17H26N2O4. The van der Waals surface area contributed by atoms with Gasteiger partial charge >= 0.3 is 0 Å². The Bertz CT molecular complexity index is 548. The Morgan fingerprint density at radius 3 is 2.35 bits per heavy atom. The third-order valence-electron chi connectivity index (χ3n) is 4.09. The molecule has 1 aromatic rings. The maximum absolute atomic E-state index is 11.7. The number of nitrogens with zero attached hydrogens (tertiary/aromatic N) is 1. The molecule has 0 aromatic heterocycles. The van der Waals surface area contributed by atoms with Crippen LogP contribution in [-0.4, -0.2) is 51.3 Å². The fourth-order valence-electron chi connectivity index (χ4n) is 2.81. The third-order valence-corrected chi connectivity index (χ3v) is 4.09. The zero-order valence-corrected chi connectivity index (χ0v) is 14.3. The highest BCUT2D eigenvalue weighted by atomic mass is 16.5. The fourth-order valence-corrected chi connectivity index (χ4v) is 2.81. The van der Waals surface area contributed by atoms with Crippen molar-refractivity contribution in [2.45, 2.75) is 32.4 Å². The fraction of sp³-hybridized carbons (Fsp3) is 0.588. The lowest BCUT2D eigenvalue weighted by atomic mass is 10.1. The van der Waals surface area contributed by atoms with E-state index in [1.807, 2.05) is 17.0 Å². The van der Waals surface area contributed by atoms with Gasteiger partial charge in [0.05, 0.1) is 21.3 Å². The number of carbonyl (C=O) groups excluding carboxylic acids is 1. The highest BCUT2D eigenvalue weighted by molar-refractivity contribution is 5.78. The first-order valence-corrected chi connectivity index (χ1v) is 7.89. The van der Waals surface area contributed by atoms with E-state index in [0.717, 1.165) is 30.8 Å². The average molecular weight is 322 g/mol. The van der Waals surface area contributed by atoms with Crippen LogP contribution in [0, 0.1) is 0 Å². The lowest BCUT2D eigenvalue weighted by molar-refractivity contribution is -0.127. The second-order valence-corrected chi connectivity index (χ2v) is 5.74. The van der Waals surface area contributed by atoms with Crippen LogP contribution in [0.1, 0.15) is 25.3 Å². The molecule has 1 aliphatic heterocycles. The molecule has 128 valence electrons. The Kier molecular flexibility index (Phi) is 6.10. The lowest BCUT2D eigenvalue weighted by Gasteiger charge is -2.22. The molecule has 1 saturated heterocycles. The Morgan fingerprint density at radius 1 is 1.13 bits per heavy atom. The molecule has 1 atom stereocenters. The van der Waals surface area contributed by atoms with Crippen molar-refractivity contribution in [2.24, 2.45) is 0 Å². The molecule has 1 fully saturated rings. The molecular weight excluding hydrogens is 296 g/mol. The van der Waals surface area contributed by atoms with Crippen LogP contribution in [-0.2, 0) is 11.3 Å². The molecule has 1 unspecified atom stereocenters. The number of hydrogen-bond donors (Lipinski definition) is 1. The molecule has 0 radical (unpaired) electrons. The summed E-state index contributed by atoms with van der Waals surface area (Å²) in [5, 5.41) is 3.44. The number of hydrogen-bond acceptors (Lipinski definition) is 5. The average Bonchev–Trinajstić information content (AvgIpc) is 2.96. The van der Waals surface area contributed by atoms with Crippen molar-refractivity contribution in [1.29, 1.82) is 0 Å². The van der Waals surface area contributed by atoms with Crippen LogP contribution in [0.2, 0.25) is 0 Å². The molecule has 0 spiro atoms. The van der Waals surface area contributed by atoms with Gasteiger partial charge in [0.15, 0.2) is 11.5 Å². The van der Waals surface area contributed by atoms with Crippen LogP contribution in [0.3, 0.4) is 0 Å². The van der Waals surface area contributed by atoms with E-state index >= 15 is 0 Å². The normalized spacial score (nSPS) is 15.7. The summed E-state index contributed by atoms with van der Waals surface area (Å²) >= 11 is 0. The summed E-state index contributed by atoms with van der Waals surface area (Å²) in [7, 11) is 4.85. The van der Waals surface area contributed by atoms with Crippen molar-refractivity contribution >= 4 is 5.91 Å². The lowest BCUT2D eigenvalue weighted by Crippen LogP contribution is -2.39. The van der Waals surface area contributed by atoms with Gasteiger partial charge in [-0.05, 0) is 19.4 Å². The van der Waals surface area contributed by atoms with Gasteiger partial charge in [-0.1, -0.05) is 0 Å². The van der Waals surface area contributed by atoms with E-state index in [0.29, 0.717) is 24.5 Å². The Morgan fingerprint density at radius 2 is 1.78 bits per heavy atom. The van der Waals surface area contributed by atoms with Gasteiger partial charge in [-0.3, -0.25) is 4.79 Å². The van der Waals surface area contributed by atoms with Gasteiger partial charge in [-0.15, -0.1) is 0 Å². The predicted octanol–water partition coefficient (Wildman–Crippen LogP) is 1.81. The number of amides is 1. The minimum absolute atomic E-state index is 0.204. The molecule has 6 nitrogen and oxygen atoms in total. The summed E-state index contributed by atoms with van der Waals surface area (Å²) in [6.45, 7) is 4.31. The largest absolute Gasteiger partial charge is 0.496 e. The number of methoxy groups -OCH3 is 3. The number of rotatable bonds is 8. The van der Waals surface area contributed by atoms with Gasteiger partial charge in [-0.25, -0.2) is 0 Å². The van der Waals surface area contributed by atoms with E-state index < -0.39 is 0 Å². The van der Waals surface area contributed by atoms with E-state index in [-0.39, 0.29) is 11.9 Å². The Balaban J connectivity index is 1.99. The number of benzene rings is 1. The molecule has 0 bridgehead atoms. The zero-order chi connectivity index (χ0) is 16.8. The molecule has 1 aromatic carbocycles. The number of ether oxygens (including phenoxy) is 3. The second-order valence-electron chi connectivity index (χ2n) is 5.74. The van der Waals surface area contributed by atoms with E-state index in [2.05, 4.69) is 12.2 Å². The molecule has 1 heterocycles. The Hall–Kier alpha value is -1.95. The molecule has 1 aliphatic rings. The number of likely N-dealkylation sites (tertiary alicyclic amines) is 1. The van der Waals surface area contributed by atoms with Crippen molar-refractivity contribution in [2.75, 3.05) is 34.4 Å². The minimum atomic E-state index is 0.204. The van der Waals surface area contributed by atoms with Crippen LogP contribution in [0.4, 0.5) is 0 Å². The zero-order valence-electron chi connectivity index (χ0n) is 14.3. The molecule has 2 rings (SSSR count). The quantitative estimate of drug-likeness (QED) is 0.791. The minimum Gasteiger partial charge on any atom is -0.496 e. The van der Waals surface area contributed by atoms with Crippen LogP contribution >= 0.6 is 0 Å². The summed E-state index contributed by atoms with van der Waals surface area (Å²) in [5.41, 5.74) is 0.991. The molecule has 6 heteroatoms. The highest BCUT2D eigenvalue weighted by Crippen LogP contribution is 2.34. The van der Waals surface area contributed by atoms with E-state index in [1.54, 1.807) is 21.3 Å². The van der Waals surface area contributed by atoms with Gasteiger partial charge in [-0.2, -0.15) is 0 Å². The van der Waals surface area contributed by atoms with Crippen molar-refractivity contribution < 1.29 is 19.0 Å². The molecule has 1 amide bonds. The number of nitrogens with one attached hydrogen (secondary N) is 1. The summed E-state index contributed by atoms with van der Waals surface area (Å²) in [6.07, 6.45) is 1.64. The molecule has 0 aliphatic carbocycles. The van der Waals surface area contributed by atoms with Crippen molar-refractivity contribution in [1.82, 2.24) is 10.2 Å². The summed E-state index contributed by atoms with van der Waals surface area (Å²) in [5.74, 6) is 2.32. The van der Waals surface area contributed by atoms with Crippen molar-refractivity contribution in [3.8, 4) is 17.2 Å². The highest BCUT2D eigenvalue weighted by Gasteiger charge is 2.21. The first-order chi connectivity index (χ1) is 11.1. The van der Waals surface area contributed by atoms with Crippen molar-refractivity contribution in [3.05, 3.63) is 17.7 Å². The molecule has 0 saturated carbocycles. The van der Waals surface area contributed by atoms with E-state index in [4.69, 9.17) is 14.2 Å². The monoisotopic (exact) mass is 322 g/mol. The van der Waals surface area contributed by atoms with Crippen LogP contribution in [0.15, 0.2) is 12.1 Å². The van der Waals surface area contributed by atoms with Gasteiger partial charge in [0.1, 0.15) is 5.75 Å². The Labute approximate surface area is 137 Å². The third kappa shape index (κ3) is 4.28.